The number of ether oxygens (including phenoxy) is 1. The first kappa shape index (κ1) is 8.48. The minimum Gasteiger partial charge on any atom is -0.384 e. The highest BCUT2D eigenvalue weighted by atomic mass is 16.5. The predicted octanol–water partition coefficient (Wildman–Crippen LogP) is 0.609. The van der Waals surface area contributed by atoms with Gasteiger partial charge in [0.25, 0.3) is 0 Å². The summed E-state index contributed by atoms with van der Waals surface area (Å²) in [5.74, 6) is 6.61. The highest BCUT2D eigenvalue weighted by Gasteiger charge is 2.48. The molecule has 2 atom stereocenters. The molecule has 0 aromatic rings. The molecule has 2 aliphatic rings. The Balaban J connectivity index is 2.09. The van der Waals surface area contributed by atoms with Crippen molar-refractivity contribution in [2.75, 3.05) is 26.8 Å². The molecular formula is C9H18N2O. The van der Waals surface area contributed by atoms with Gasteiger partial charge in [0, 0.05) is 25.6 Å². The molecule has 2 rings (SSSR count). The van der Waals surface area contributed by atoms with E-state index in [9.17, 15) is 0 Å². The van der Waals surface area contributed by atoms with Gasteiger partial charge in [-0.05, 0) is 18.8 Å². The van der Waals surface area contributed by atoms with Gasteiger partial charge in [-0.1, -0.05) is 6.42 Å². The number of hydrogen-bond donors (Lipinski definition) is 1. The fourth-order valence-electron chi connectivity index (χ4n) is 2.98. The van der Waals surface area contributed by atoms with E-state index in [1.54, 1.807) is 7.11 Å². The number of nitrogens with two attached hydrogens (primary N) is 1. The second kappa shape index (κ2) is 2.98. The molecule has 70 valence electrons. The van der Waals surface area contributed by atoms with Crippen molar-refractivity contribution in [1.29, 1.82) is 0 Å². The summed E-state index contributed by atoms with van der Waals surface area (Å²) >= 11 is 0. The fraction of sp³-hybridized carbons (Fsp3) is 1.00. The lowest BCUT2D eigenvalue weighted by molar-refractivity contribution is 0.0704. The van der Waals surface area contributed by atoms with E-state index in [1.165, 1.54) is 19.3 Å². The average Bonchev–Trinajstić information content (AvgIpc) is 2.44. The second-order valence-corrected chi connectivity index (χ2v) is 4.31. The maximum Gasteiger partial charge on any atom is 0.0534 e. The van der Waals surface area contributed by atoms with Gasteiger partial charge in [-0.2, -0.15) is 0 Å². The van der Waals surface area contributed by atoms with Crippen LogP contribution in [0.25, 0.3) is 0 Å². The average molecular weight is 170 g/mol. The Morgan fingerprint density at radius 2 is 2.50 bits per heavy atom. The summed E-state index contributed by atoms with van der Waals surface area (Å²) in [6.45, 7) is 3.00. The van der Waals surface area contributed by atoms with Crippen molar-refractivity contribution < 1.29 is 4.74 Å². The van der Waals surface area contributed by atoms with E-state index in [2.05, 4.69) is 0 Å². The molecule has 0 amide bonds. The van der Waals surface area contributed by atoms with Gasteiger partial charge in [0.15, 0.2) is 0 Å². The third kappa shape index (κ3) is 1.16. The van der Waals surface area contributed by atoms with E-state index in [-0.39, 0.29) is 0 Å². The van der Waals surface area contributed by atoms with Crippen molar-refractivity contribution in [3.8, 4) is 0 Å². The van der Waals surface area contributed by atoms with Crippen molar-refractivity contribution in [2.45, 2.75) is 19.3 Å². The Morgan fingerprint density at radius 3 is 3.25 bits per heavy atom. The molecule has 0 radical (unpaired) electrons. The van der Waals surface area contributed by atoms with Crippen LogP contribution in [0.3, 0.4) is 0 Å². The van der Waals surface area contributed by atoms with Crippen LogP contribution in [-0.2, 0) is 4.74 Å². The highest BCUT2D eigenvalue weighted by molar-refractivity contribution is 4.99. The predicted molar refractivity (Wildman–Crippen MR) is 47.4 cm³/mol. The molecule has 0 aromatic heterocycles. The van der Waals surface area contributed by atoms with Crippen LogP contribution >= 0.6 is 0 Å². The zero-order valence-electron chi connectivity index (χ0n) is 7.75. The minimum absolute atomic E-state index is 0.406. The van der Waals surface area contributed by atoms with Crippen LogP contribution in [0.1, 0.15) is 19.3 Å². The van der Waals surface area contributed by atoms with Gasteiger partial charge in [-0.3, -0.25) is 5.84 Å². The van der Waals surface area contributed by atoms with E-state index in [0.29, 0.717) is 5.41 Å². The molecule has 1 heterocycles. The molecule has 2 fully saturated rings. The van der Waals surface area contributed by atoms with Crippen LogP contribution in [0.15, 0.2) is 0 Å². The largest absolute Gasteiger partial charge is 0.384 e. The molecule has 1 aliphatic carbocycles. The van der Waals surface area contributed by atoms with Gasteiger partial charge in [-0.15, -0.1) is 0 Å². The maximum atomic E-state index is 5.82. The number of nitrogens with zero attached hydrogens (tertiary/aromatic N) is 1. The molecule has 3 nitrogen and oxygen atoms in total. The molecule has 1 aliphatic heterocycles. The van der Waals surface area contributed by atoms with E-state index in [4.69, 9.17) is 10.6 Å². The van der Waals surface area contributed by atoms with E-state index in [0.717, 1.165) is 25.6 Å². The number of hydrogen-bond acceptors (Lipinski definition) is 3. The Kier molecular flexibility index (Phi) is 2.10. The van der Waals surface area contributed by atoms with Crippen LogP contribution in [0.5, 0.6) is 0 Å². The lowest BCUT2D eigenvalue weighted by atomic mass is 9.82. The van der Waals surface area contributed by atoms with Crippen LogP contribution < -0.4 is 5.84 Å². The van der Waals surface area contributed by atoms with Gasteiger partial charge in [0.2, 0.25) is 0 Å². The molecule has 0 aromatic carbocycles. The molecule has 1 saturated carbocycles. The Morgan fingerprint density at radius 1 is 1.67 bits per heavy atom. The molecule has 2 N–H and O–H groups in total. The molecule has 12 heavy (non-hydrogen) atoms. The Labute approximate surface area is 73.8 Å². The van der Waals surface area contributed by atoms with Gasteiger partial charge >= 0.3 is 0 Å². The molecule has 1 saturated heterocycles. The smallest absolute Gasteiger partial charge is 0.0534 e. The fourth-order valence-corrected chi connectivity index (χ4v) is 2.98. The summed E-state index contributed by atoms with van der Waals surface area (Å²) in [6, 6.07) is 0. The number of fused-ring (bicyclic) bond motifs is 1. The van der Waals surface area contributed by atoms with E-state index < -0.39 is 0 Å². The topological polar surface area (TPSA) is 38.5 Å². The molecule has 0 bridgehead atoms. The van der Waals surface area contributed by atoms with E-state index >= 15 is 0 Å². The quantitative estimate of drug-likeness (QED) is 0.617. The van der Waals surface area contributed by atoms with Crippen LogP contribution in [0.2, 0.25) is 0 Å². The number of hydrazine groups is 1. The number of rotatable bonds is 2. The van der Waals surface area contributed by atoms with Crippen molar-refractivity contribution in [2.24, 2.45) is 17.2 Å². The Hall–Kier alpha value is -0.120. The summed E-state index contributed by atoms with van der Waals surface area (Å²) in [5, 5.41) is 1.96. The normalized spacial score (nSPS) is 42.0. The third-order valence-electron chi connectivity index (χ3n) is 3.50. The summed E-state index contributed by atoms with van der Waals surface area (Å²) in [7, 11) is 1.79. The highest BCUT2D eigenvalue weighted by Crippen LogP contribution is 2.47. The first-order chi connectivity index (χ1) is 5.77. The molecule has 0 unspecified atom stereocenters. The van der Waals surface area contributed by atoms with Crippen LogP contribution in [0.4, 0.5) is 0 Å². The van der Waals surface area contributed by atoms with Crippen molar-refractivity contribution in [3.63, 3.8) is 0 Å². The van der Waals surface area contributed by atoms with Gasteiger partial charge in [0.1, 0.15) is 0 Å². The SMILES string of the molecule is COC[C@@]12CCC[C@H]1CN(N)C2. The van der Waals surface area contributed by atoms with E-state index in [1.807, 2.05) is 5.01 Å². The maximum absolute atomic E-state index is 5.82. The summed E-state index contributed by atoms with van der Waals surface area (Å²) < 4.78 is 5.30. The summed E-state index contributed by atoms with van der Waals surface area (Å²) in [5.41, 5.74) is 0.406. The second-order valence-electron chi connectivity index (χ2n) is 4.31. The first-order valence-corrected chi connectivity index (χ1v) is 4.75. The van der Waals surface area contributed by atoms with Crippen molar-refractivity contribution >= 4 is 0 Å². The van der Waals surface area contributed by atoms with Crippen LogP contribution in [0, 0.1) is 11.3 Å². The van der Waals surface area contributed by atoms with Crippen molar-refractivity contribution in [3.05, 3.63) is 0 Å². The first-order valence-electron chi connectivity index (χ1n) is 4.75. The minimum atomic E-state index is 0.406. The Bertz CT molecular complexity index is 174. The summed E-state index contributed by atoms with van der Waals surface area (Å²) in [6.07, 6.45) is 4.01. The molecular weight excluding hydrogens is 152 g/mol. The van der Waals surface area contributed by atoms with Gasteiger partial charge in [0.05, 0.1) is 6.61 Å². The standard InChI is InChI=1S/C9H18N2O/c1-12-7-9-4-2-3-8(9)5-11(10)6-9/h8H,2-7,10H2,1H3/t8-,9-/m0/s1. The number of methoxy groups -OCH3 is 1. The lowest BCUT2D eigenvalue weighted by Gasteiger charge is -2.27. The molecule has 3 heteroatoms. The third-order valence-corrected chi connectivity index (χ3v) is 3.50. The monoisotopic (exact) mass is 170 g/mol. The van der Waals surface area contributed by atoms with Crippen LogP contribution in [-0.4, -0.2) is 31.8 Å². The summed E-state index contributed by atoms with van der Waals surface area (Å²) in [4.78, 5) is 0. The van der Waals surface area contributed by atoms with Crippen molar-refractivity contribution in [1.82, 2.24) is 5.01 Å². The molecule has 0 spiro atoms. The lowest BCUT2D eigenvalue weighted by Crippen LogP contribution is -2.34. The van der Waals surface area contributed by atoms with Gasteiger partial charge < -0.3 is 4.74 Å². The zero-order valence-corrected chi connectivity index (χ0v) is 7.75. The van der Waals surface area contributed by atoms with Gasteiger partial charge in [-0.25, -0.2) is 5.01 Å². The zero-order chi connectivity index (χ0) is 8.60.